The van der Waals surface area contributed by atoms with Gasteiger partial charge in [0.2, 0.25) is 6.79 Å². The minimum atomic E-state index is -1.24. The molecule has 2 amide bonds. The molecule has 0 aliphatic rings. The van der Waals surface area contributed by atoms with Crippen LogP contribution in [0.3, 0.4) is 0 Å². The smallest absolute Gasteiger partial charge is 0.421 e. The van der Waals surface area contributed by atoms with Crippen LogP contribution in [0.1, 0.15) is 26.3 Å². The molecule has 0 unspecified atom stereocenters. The Labute approximate surface area is 189 Å². The van der Waals surface area contributed by atoms with Gasteiger partial charge in [0.25, 0.3) is 0 Å². The highest BCUT2D eigenvalue weighted by atomic mass is 19.1. The van der Waals surface area contributed by atoms with Crippen molar-refractivity contribution in [3.63, 3.8) is 0 Å². The summed E-state index contributed by atoms with van der Waals surface area (Å²) in [6.45, 7) is 4.27. The third-order valence-corrected chi connectivity index (χ3v) is 4.73. The van der Waals surface area contributed by atoms with E-state index in [2.05, 4.69) is 10.6 Å². The predicted octanol–water partition coefficient (Wildman–Crippen LogP) is 4.21. The first kappa shape index (κ1) is 23.7. The average Bonchev–Trinajstić information content (AvgIpc) is 3.10. The van der Waals surface area contributed by atoms with E-state index in [1.54, 1.807) is 12.1 Å². The molecule has 3 rings (SSSR count). The Morgan fingerprint density at radius 1 is 1.06 bits per heavy atom. The summed E-state index contributed by atoms with van der Waals surface area (Å²) in [6.07, 6.45) is 1.27. The zero-order valence-corrected chi connectivity index (χ0v) is 18.5. The van der Waals surface area contributed by atoms with E-state index in [0.717, 1.165) is 16.6 Å². The standard InChI is InChI=1S/C23H25FN4O5/c1-4-14-5-8-16(9-6-14)26-21(30)27-18-12-28(19-10-7-15(24)11-17(18)19)22(31)33-13-32-20(29)23(2,3)25/h5-12H,4,13,25H2,1-3H3,(H2,26,27,30). The number of carbonyl (C=O) groups excluding carboxylic acids is 3. The van der Waals surface area contributed by atoms with Crippen LogP contribution in [0.5, 0.6) is 0 Å². The summed E-state index contributed by atoms with van der Waals surface area (Å²) in [5, 5.41) is 5.57. The lowest BCUT2D eigenvalue weighted by molar-refractivity contribution is -0.157. The minimum Gasteiger partial charge on any atom is -0.426 e. The summed E-state index contributed by atoms with van der Waals surface area (Å²) in [6, 6.07) is 10.5. The molecule has 0 bridgehead atoms. The third-order valence-electron chi connectivity index (χ3n) is 4.73. The molecule has 1 heterocycles. The van der Waals surface area contributed by atoms with Crippen LogP contribution in [0.4, 0.5) is 25.4 Å². The van der Waals surface area contributed by atoms with Gasteiger partial charge in [-0.05, 0) is 56.2 Å². The second-order valence-electron chi connectivity index (χ2n) is 7.89. The molecule has 10 heteroatoms. The van der Waals surface area contributed by atoms with Gasteiger partial charge in [-0.1, -0.05) is 19.1 Å². The highest BCUT2D eigenvalue weighted by molar-refractivity contribution is 6.07. The number of benzene rings is 2. The number of ether oxygens (including phenoxy) is 2. The number of nitrogens with one attached hydrogen (secondary N) is 2. The number of hydrogen-bond acceptors (Lipinski definition) is 6. The Balaban J connectivity index is 1.75. The molecule has 0 spiro atoms. The number of nitrogens with zero attached hydrogens (tertiary/aromatic N) is 1. The second kappa shape index (κ2) is 9.70. The van der Waals surface area contributed by atoms with Crippen LogP contribution in [0.2, 0.25) is 0 Å². The van der Waals surface area contributed by atoms with Gasteiger partial charge in [-0.25, -0.2) is 18.8 Å². The van der Waals surface area contributed by atoms with E-state index in [4.69, 9.17) is 15.2 Å². The molecule has 9 nitrogen and oxygen atoms in total. The van der Waals surface area contributed by atoms with Crippen molar-refractivity contribution in [1.82, 2.24) is 4.57 Å². The SMILES string of the molecule is CCc1ccc(NC(=O)Nc2cn(C(=O)OCOC(=O)C(C)(C)N)c3ccc(F)cc23)cc1. The van der Waals surface area contributed by atoms with Crippen LogP contribution < -0.4 is 16.4 Å². The first-order chi connectivity index (χ1) is 15.6. The fourth-order valence-electron chi connectivity index (χ4n) is 2.95. The lowest BCUT2D eigenvalue weighted by Gasteiger charge is -2.16. The number of amides is 2. The number of urea groups is 1. The fourth-order valence-corrected chi connectivity index (χ4v) is 2.95. The van der Waals surface area contributed by atoms with Gasteiger partial charge in [0.15, 0.2) is 0 Å². The molecule has 2 aromatic carbocycles. The van der Waals surface area contributed by atoms with Gasteiger partial charge in [0.1, 0.15) is 11.4 Å². The number of fused-ring (bicyclic) bond motifs is 1. The summed E-state index contributed by atoms with van der Waals surface area (Å²) in [5.41, 5.74) is 6.54. The maximum absolute atomic E-state index is 13.9. The molecule has 0 aliphatic carbocycles. The summed E-state index contributed by atoms with van der Waals surface area (Å²) < 4.78 is 24.7. The molecule has 1 aromatic heterocycles. The zero-order chi connectivity index (χ0) is 24.2. The van der Waals surface area contributed by atoms with Crippen molar-refractivity contribution in [3.05, 3.63) is 60.0 Å². The Kier molecular flexibility index (Phi) is 6.98. The Hall–Kier alpha value is -3.92. The van der Waals surface area contributed by atoms with E-state index in [9.17, 15) is 18.8 Å². The van der Waals surface area contributed by atoms with Gasteiger partial charge in [-0.3, -0.25) is 4.57 Å². The van der Waals surface area contributed by atoms with E-state index in [-0.39, 0.29) is 16.6 Å². The van der Waals surface area contributed by atoms with Crippen LogP contribution in [0.25, 0.3) is 10.9 Å². The molecule has 0 saturated carbocycles. The van der Waals surface area contributed by atoms with Gasteiger partial charge < -0.3 is 25.8 Å². The Bertz CT molecular complexity index is 1180. The van der Waals surface area contributed by atoms with Gasteiger partial charge in [-0.2, -0.15) is 0 Å². The number of halogens is 1. The lowest BCUT2D eigenvalue weighted by atomic mass is 10.1. The number of nitrogens with two attached hydrogens (primary N) is 1. The van der Waals surface area contributed by atoms with E-state index in [1.807, 2.05) is 19.1 Å². The topological polar surface area (TPSA) is 125 Å². The van der Waals surface area contributed by atoms with Crippen LogP contribution in [0.15, 0.2) is 48.7 Å². The maximum atomic E-state index is 13.9. The monoisotopic (exact) mass is 456 g/mol. The van der Waals surface area contributed by atoms with Crippen molar-refractivity contribution in [2.45, 2.75) is 32.7 Å². The molecule has 0 fully saturated rings. The summed E-state index contributed by atoms with van der Waals surface area (Å²) in [5.74, 6) is -1.30. The largest absolute Gasteiger partial charge is 0.426 e. The van der Waals surface area contributed by atoms with Crippen LogP contribution in [-0.2, 0) is 20.7 Å². The van der Waals surface area contributed by atoms with Gasteiger partial charge in [0, 0.05) is 17.3 Å². The second-order valence-corrected chi connectivity index (χ2v) is 7.89. The van der Waals surface area contributed by atoms with Crippen molar-refractivity contribution in [1.29, 1.82) is 0 Å². The molecule has 0 aliphatic heterocycles. The number of aromatic nitrogens is 1. The molecule has 33 heavy (non-hydrogen) atoms. The molecular formula is C23H25FN4O5. The van der Waals surface area contributed by atoms with Crippen molar-refractivity contribution in [2.75, 3.05) is 17.4 Å². The van der Waals surface area contributed by atoms with Gasteiger partial charge in [-0.15, -0.1) is 0 Å². The van der Waals surface area contributed by atoms with Crippen molar-refractivity contribution >= 4 is 40.4 Å². The molecule has 4 N–H and O–H groups in total. The number of rotatable bonds is 6. The number of anilines is 2. The number of aryl methyl sites for hydroxylation is 1. The zero-order valence-electron chi connectivity index (χ0n) is 18.5. The van der Waals surface area contributed by atoms with Crippen molar-refractivity contribution in [2.24, 2.45) is 5.73 Å². The normalized spacial score (nSPS) is 11.2. The quantitative estimate of drug-likeness (QED) is 0.377. The molecule has 3 aromatic rings. The van der Waals surface area contributed by atoms with Crippen LogP contribution in [-0.4, -0.2) is 35.0 Å². The van der Waals surface area contributed by atoms with Gasteiger partial charge in [0.05, 0.1) is 11.2 Å². The van der Waals surface area contributed by atoms with Crippen molar-refractivity contribution < 1.29 is 28.2 Å². The number of carbonyl (C=O) groups is 3. The van der Waals surface area contributed by atoms with Crippen LogP contribution >= 0.6 is 0 Å². The van der Waals surface area contributed by atoms with E-state index >= 15 is 0 Å². The summed E-state index contributed by atoms with van der Waals surface area (Å²) in [7, 11) is 0. The highest BCUT2D eigenvalue weighted by Crippen LogP contribution is 2.27. The van der Waals surface area contributed by atoms with Crippen molar-refractivity contribution in [3.8, 4) is 0 Å². The van der Waals surface area contributed by atoms with E-state index in [1.165, 1.54) is 38.2 Å². The molecule has 174 valence electrons. The maximum Gasteiger partial charge on any atom is 0.421 e. The Morgan fingerprint density at radius 3 is 2.39 bits per heavy atom. The van der Waals surface area contributed by atoms with Crippen LogP contribution in [0, 0.1) is 5.82 Å². The molecule has 0 radical (unpaired) electrons. The first-order valence-electron chi connectivity index (χ1n) is 10.2. The van der Waals surface area contributed by atoms with Gasteiger partial charge >= 0.3 is 18.1 Å². The fraction of sp³-hybridized carbons (Fsp3) is 0.261. The van der Waals surface area contributed by atoms with E-state index in [0.29, 0.717) is 5.69 Å². The average molecular weight is 456 g/mol. The minimum absolute atomic E-state index is 0.184. The Morgan fingerprint density at radius 2 is 1.76 bits per heavy atom. The lowest BCUT2D eigenvalue weighted by Crippen LogP contribution is -2.43. The third kappa shape index (κ3) is 5.86. The summed E-state index contributed by atoms with van der Waals surface area (Å²) in [4.78, 5) is 36.7. The van der Waals surface area contributed by atoms with E-state index < -0.39 is 36.2 Å². The molecular weight excluding hydrogens is 431 g/mol. The highest BCUT2D eigenvalue weighted by Gasteiger charge is 2.24. The molecule has 0 saturated heterocycles. The molecule has 0 atom stereocenters. The summed E-state index contributed by atoms with van der Waals surface area (Å²) >= 11 is 0. The predicted molar refractivity (Wildman–Crippen MR) is 121 cm³/mol. The number of esters is 1. The number of hydrogen-bond donors (Lipinski definition) is 3. The first-order valence-corrected chi connectivity index (χ1v) is 10.2.